The van der Waals surface area contributed by atoms with E-state index < -0.39 is 16.5 Å². The van der Waals surface area contributed by atoms with Crippen molar-refractivity contribution in [3.05, 3.63) is 55.4 Å². The number of ether oxygens (including phenoxy) is 1. The summed E-state index contributed by atoms with van der Waals surface area (Å²) in [6.45, 7) is 6.39. The lowest BCUT2D eigenvalue weighted by molar-refractivity contribution is 0.0206. The van der Waals surface area contributed by atoms with Crippen LogP contribution in [0.5, 0.6) is 0 Å². The van der Waals surface area contributed by atoms with Crippen molar-refractivity contribution in [1.29, 1.82) is 0 Å². The predicted octanol–water partition coefficient (Wildman–Crippen LogP) is 0.510. The molecule has 0 saturated carbocycles. The second kappa shape index (κ2) is 7.53. The molecular formula is C20H24N4O4. The molecule has 148 valence electrons. The van der Waals surface area contributed by atoms with Crippen molar-refractivity contribution in [2.75, 3.05) is 13.1 Å². The minimum Gasteiger partial charge on any atom is -0.444 e. The number of nitrogens with zero attached hydrogens (tertiary/aromatic N) is 3. The second-order valence-corrected chi connectivity index (χ2v) is 7.86. The van der Waals surface area contributed by atoms with Crippen LogP contribution in [0.3, 0.4) is 0 Å². The highest BCUT2D eigenvalue weighted by molar-refractivity contribution is 5.81. The molecule has 0 radical (unpaired) electrons. The standard InChI is InChI=1S/C20H24N4O4/c1-20(2,3)28-19(27)24-10-8-12(9-11-24)22-16-15(23-21)13-6-4-5-7-14(13)17(25)18(16)26/h4-7,12H,8-11,21H2,1-3H3. The van der Waals surface area contributed by atoms with Gasteiger partial charge in [-0.1, -0.05) is 24.3 Å². The number of carbonyl (C=O) groups excluding carboxylic acids is 1. The van der Waals surface area contributed by atoms with Gasteiger partial charge in [0.25, 0.3) is 5.43 Å². The molecule has 0 aromatic heterocycles. The van der Waals surface area contributed by atoms with Crippen LogP contribution in [0, 0.1) is 0 Å². The summed E-state index contributed by atoms with van der Waals surface area (Å²) in [5.41, 5.74) is -1.85. The van der Waals surface area contributed by atoms with Gasteiger partial charge in [0.2, 0.25) is 5.43 Å². The summed E-state index contributed by atoms with van der Waals surface area (Å²) in [7, 11) is 0. The Morgan fingerprint density at radius 1 is 1.07 bits per heavy atom. The number of amides is 1. The van der Waals surface area contributed by atoms with Crippen LogP contribution < -0.4 is 27.4 Å². The molecule has 3 rings (SSSR count). The summed E-state index contributed by atoms with van der Waals surface area (Å²) >= 11 is 0. The molecule has 2 aromatic rings. The molecule has 2 aromatic carbocycles. The maximum absolute atomic E-state index is 12.6. The van der Waals surface area contributed by atoms with E-state index in [0.29, 0.717) is 31.3 Å². The lowest BCUT2D eigenvalue weighted by atomic mass is 10.1. The van der Waals surface area contributed by atoms with Crippen molar-refractivity contribution >= 4 is 16.9 Å². The van der Waals surface area contributed by atoms with Crippen molar-refractivity contribution in [3.63, 3.8) is 0 Å². The van der Waals surface area contributed by atoms with Crippen LogP contribution in [0.25, 0.3) is 10.8 Å². The van der Waals surface area contributed by atoms with E-state index in [4.69, 9.17) is 10.6 Å². The predicted molar refractivity (Wildman–Crippen MR) is 105 cm³/mol. The highest BCUT2D eigenvalue weighted by Crippen LogP contribution is 2.16. The number of rotatable bonds is 1. The average Bonchev–Trinajstić information content (AvgIpc) is 2.65. The van der Waals surface area contributed by atoms with Crippen molar-refractivity contribution < 1.29 is 9.53 Å². The molecule has 1 amide bonds. The van der Waals surface area contributed by atoms with Crippen molar-refractivity contribution in [2.24, 2.45) is 15.9 Å². The Morgan fingerprint density at radius 3 is 2.25 bits per heavy atom. The lowest BCUT2D eigenvalue weighted by Gasteiger charge is -2.32. The van der Waals surface area contributed by atoms with Gasteiger partial charge in [0.05, 0.1) is 6.04 Å². The van der Waals surface area contributed by atoms with Gasteiger partial charge in [0, 0.05) is 23.9 Å². The van der Waals surface area contributed by atoms with Crippen LogP contribution in [0.1, 0.15) is 33.6 Å². The summed E-state index contributed by atoms with van der Waals surface area (Å²) in [6, 6.07) is 6.52. The molecule has 0 spiro atoms. The third kappa shape index (κ3) is 3.95. The van der Waals surface area contributed by atoms with E-state index in [1.54, 1.807) is 29.2 Å². The molecular weight excluding hydrogens is 360 g/mol. The molecule has 0 aliphatic carbocycles. The van der Waals surface area contributed by atoms with Crippen molar-refractivity contribution in [3.8, 4) is 0 Å². The van der Waals surface area contributed by atoms with E-state index >= 15 is 0 Å². The molecule has 1 heterocycles. The molecule has 1 fully saturated rings. The van der Waals surface area contributed by atoms with Gasteiger partial charge in [0.1, 0.15) is 16.3 Å². The van der Waals surface area contributed by atoms with Gasteiger partial charge in [-0.2, -0.15) is 5.10 Å². The molecule has 2 N–H and O–H groups in total. The van der Waals surface area contributed by atoms with Gasteiger partial charge in [-0.3, -0.25) is 14.6 Å². The Bertz CT molecular complexity index is 1120. The number of piperidine rings is 1. The second-order valence-electron chi connectivity index (χ2n) is 7.86. The molecule has 0 unspecified atom stereocenters. The lowest BCUT2D eigenvalue weighted by Crippen LogP contribution is -2.50. The first-order valence-corrected chi connectivity index (χ1v) is 9.23. The molecule has 0 atom stereocenters. The van der Waals surface area contributed by atoms with Gasteiger partial charge in [-0.05, 0) is 33.6 Å². The van der Waals surface area contributed by atoms with Crippen LogP contribution in [-0.2, 0) is 4.74 Å². The third-order valence-corrected chi connectivity index (χ3v) is 4.63. The van der Waals surface area contributed by atoms with E-state index in [1.165, 1.54) is 0 Å². The van der Waals surface area contributed by atoms with E-state index in [-0.39, 0.29) is 28.2 Å². The summed E-state index contributed by atoms with van der Waals surface area (Å²) in [5, 5.41) is 4.77. The van der Waals surface area contributed by atoms with Gasteiger partial charge in [-0.15, -0.1) is 0 Å². The van der Waals surface area contributed by atoms with Crippen LogP contribution in [-0.4, -0.2) is 35.7 Å². The topological polar surface area (TPSA) is 114 Å². The minimum atomic E-state index is -0.697. The zero-order valence-corrected chi connectivity index (χ0v) is 16.3. The van der Waals surface area contributed by atoms with Crippen molar-refractivity contribution in [2.45, 2.75) is 45.3 Å². The van der Waals surface area contributed by atoms with E-state index in [9.17, 15) is 14.4 Å². The van der Waals surface area contributed by atoms with Gasteiger partial charge in [0.15, 0.2) is 0 Å². The van der Waals surface area contributed by atoms with Gasteiger partial charge < -0.3 is 15.5 Å². The smallest absolute Gasteiger partial charge is 0.410 e. The van der Waals surface area contributed by atoms with Crippen LogP contribution in [0.4, 0.5) is 4.79 Å². The largest absolute Gasteiger partial charge is 0.444 e. The fourth-order valence-corrected chi connectivity index (χ4v) is 3.29. The zero-order valence-electron chi connectivity index (χ0n) is 16.3. The Kier molecular flexibility index (Phi) is 5.31. The molecule has 0 bridgehead atoms. The molecule has 1 aliphatic heterocycles. The normalized spacial score (nSPS) is 17.3. The Hall–Kier alpha value is -3.03. The molecule has 1 aliphatic rings. The average molecular weight is 384 g/mol. The number of hydrogen-bond acceptors (Lipinski definition) is 7. The van der Waals surface area contributed by atoms with Crippen molar-refractivity contribution in [1.82, 2.24) is 4.90 Å². The van der Waals surface area contributed by atoms with E-state index in [2.05, 4.69) is 10.1 Å². The van der Waals surface area contributed by atoms with E-state index in [0.717, 1.165) is 0 Å². The Labute approximate surface area is 161 Å². The maximum Gasteiger partial charge on any atom is 0.410 e. The first-order chi connectivity index (χ1) is 13.2. The number of fused-ring (bicyclic) bond motifs is 1. The summed E-state index contributed by atoms with van der Waals surface area (Å²) in [4.78, 5) is 43.3. The van der Waals surface area contributed by atoms with E-state index in [1.807, 2.05) is 20.8 Å². The van der Waals surface area contributed by atoms with Crippen LogP contribution in [0.15, 0.2) is 43.9 Å². The Balaban J connectivity index is 1.91. The highest BCUT2D eigenvalue weighted by Gasteiger charge is 2.26. The monoisotopic (exact) mass is 384 g/mol. The van der Waals surface area contributed by atoms with Crippen LogP contribution >= 0.6 is 0 Å². The summed E-state index contributed by atoms with van der Waals surface area (Å²) < 4.78 is 5.38. The molecule has 1 saturated heterocycles. The SMILES string of the molecule is CC(C)(C)OC(=O)N1CCC(N=c2c(=O)c(=O)c3ccccc3c2=NN)CC1. The van der Waals surface area contributed by atoms with Gasteiger partial charge in [-0.25, -0.2) is 4.79 Å². The van der Waals surface area contributed by atoms with Gasteiger partial charge >= 0.3 is 6.09 Å². The maximum atomic E-state index is 12.6. The highest BCUT2D eigenvalue weighted by atomic mass is 16.6. The fraction of sp³-hybridized carbons (Fsp3) is 0.450. The summed E-state index contributed by atoms with van der Waals surface area (Å²) in [6.07, 6.45) is 0.758. The number of likely N-dealkylation sites (tertiary alicyclic amines) is 1. The first kappa shape index (κ1) is 19.7. The van der Waals surface area contributed by atoms with Crippen LogP contribution in [0.2, 0.25) is 0 Å². The molecule has 28 heavy (non-hydrogen) atoms. The molecule has 8 nitrogen and oxygen atoms in total. The zero-order chi connectivity index (χ0) is 20.5. The Morgan fingerprint density at radius 2 is 1.68 bits per heavy atom. The number of benzene rings is 2. The number of carbonyl (C=O) groups is 1. The summed E-state index contributed by atoms with van der Waals surface area (Å²) in [5.74, 6) is 5.52. The molecule has 8 heteroatoms. The first-order valence-electron chi connectivity index (χ1n) is 9.23. The third-order valence-electron chi connectivity index (χ3n) is 4.63. The minimum absolute atomic E-state index is 0.00178. The quantitative estimate of drug-likeness (QED) is 0.437. The number of hydrogen-bond donors (Lipinski definition) is 1. The fourth-order valence-electron chi connectivity index (χ4n) is 3.29. The number of nitrogens with two attached hydrogens (primary N) is 1.